The van der Waals surface area contributed by atoms with E-state index in [1.165, 1.54) is 96.3 Å². The van der Waals surface area contributed by atoms with Crippen molar-refractivity contribution < 1.29 is 13.9 Å². The first kappa shape index (κ1) is 40.1. The maximum atomic E-state index is 6.32. The second-order valence-electron chi connectivity index (χ2n) is 15.1. The molecule has 5 unspecified atom stereocenters. The van der Waals surface area contributed by atoms with Crippen molar-refractivity contribution in [2.24, 2.45) is 17.8 Å². The minimum atomic E-state index is -0.197. The van der Waals surface area contributed by atoms with Gasteiger partial charge >= 0.3 is 9.76 Å². The van der Waals surface area contributed by atoms with Crippen molar-refractivity contribution in [3.63, 3.8) is 0 Å². The van der Waals surface area contributed by atoms with Crippen molar-refractivity contribution in [3.05, 3.63) is 54.9 Å². The lowest BCUT2D eigenvalue weighted by molar-refractivity contribution is 0.122. The van der Waals surface area contributed by atoms with Crippen LogP contribution in [0.1, 0.15) is 138 Å². The van der Waals surface area contributed by atoms with E-state index in [1.807, 2.05) is 42.7 Å². The molecule has 0 aliphatic carbocycles. The fourth-order valence-corrected chi connectivity index (χ4v) is 9.25. The van der Waals surface area contributed by atoms with Crippen LogP contribution in [0.5, 0.6) is 17.2 Å². The van der Waals surface area contributed by atoms with Gasteiger partial charge in [-0.15, -0.1) is 0 Å². The Labute approximate surface area is 309 Å². The molecule has 7 heteroatoms. The molecule has 0 spiro atoms. The molecule has 2 heterocycles. The van der Waals surface area contributed by atoms with Crippen molar-refractivity contribution in [1.82, 2.24) is 9.97 Å². The van der Waals surface area contributed by atoms with E-state index in [9.17, 15) is 0 Å². The number of ether oxygens (including phenoxy) is 2. The predicted octanol–water partition coefficient (Wildman–Crippen LogP) is 12.6. The largest absolute Gasteiger partial charge is 0.540 e. The summed E-state index contributed by atoms with van der Waals surface area (Å²) in [5, 5.41) is 0. The molecule has 0 saturated carbocycles. The summed E-state index contributed by atoms with van der Waals surface area (Å²) in [6, 6.07) is 15.4. The van der Waals surface area contributed by atoms with Gasteiger partial charge in [0.2, 0.25) is 5.91 Å². The van der Waals surface area contributed by atoms with Crippen LogP contribution < -0.4 is 13.9 Å². The third-order valence-corrected chi connectivity index (χ3v) is 12.3. The maximum absolute atomic E-state index is 6.32. The molecular weight excluding hydrogens is 649 g/mol. The number of nitrogens with zero attached hydrogens (tertiary/aromatic N) is 2. The van der Waals surface area contributed by atoms with E-state index in [1.54, 1.807) is 0 Å². The molecule has 0 N–H and O–H groups in total. The van der Waals surface area contributed by atoms with Gasteiger partial charge in [-0.05, 0) is 60.0 Å². The fraction of sp³-hybridized carbons (Fsp3) is 0.628. The first-order chi connectivity index (χ1) is 24.4. The topological polar surface area (TPSA) is 53.5 Å². The number of rotatable bonds is 25. The molecule has 0 amide bonds. The van der Waals surface area contributed by atoms with Gasteiger partial charge in [0, 0.05) is 29.1 Å². The highest BCUT2D eigenvalue weighted by atomic mass is 28.2. The van der Waals surface area contributed by atoms with E-state index >= 15 is 0 Å². The van der Waals surface area contributed by atoms with Crippen molar-refractivity contribution >= 4 is 19.3 Å². The van der Waals surface area contributed by atoms with Gasteiger partial charge in [-0.1, -0.05) is 150 Å². The van der Waals surface area contributed by atoms with Crippen LogP contribution in [0.4, 0.5) is 0 Å². The number of hydrogen-bond donors (Lipinski definition) is 0. The summed E-state index contributed by atoms with van der Waals surface area (Å²) in [6.07, 6.45) is 23.8. The molecule has 4 rings (SSSR count). The van der Waals surface area contributed by atoms with Crippen LogP contribution in [0.15, 0.2) is 54.9 Å². The Morgan fingerprint density at radius 1 is 0.680 bits per heavy atom. The highest BCUT2D eigenvalue weighted by Crippen LogP contribution is 2.38. The first-order valence-electron chi connectivity index (χ1n) is 19.9. The quantitative estimate of drug-likeness (QED) is 0.0646. The van der Waals surface area contributed by atoms with E-state index in [2.05, 4.69) is 53.7 Å². The number of aromatic nitrogens is 2. The average Bonchev–Trinajstić information content (AvgIpc) is 3.52. The SMILES string of the molecule is CCCCCC(C)CCCCCCC(C)[Si]C1Oc2ccc(-c3ncc(-c4ccccc4O[Si]CCC(C)CC(C)CCCC)cn3)cc2O1. The van der Waals surface area contributed by atoms with Gasteiger partial charge in [-0.3, -0.25) is 0 Å². The molecule has 1 aromatic heterocycles. The van der Waals surface area contributed by atoms with Crippen LogP contribution >= 0.6 is 0 Å². The highest BCUT2D eigenvalue weighted by Gasteiger charge is 2.27. The molecule has 0 bridgehead atoms. The van der Waals surface area contributed by atoms with Gasteiger partial charge in [0.15, 0.2) is 26.8 Å². The second kappa shape index (κ2) is 22.3. The average molecular weight is 713 g/mol. The standard InChI is InChI=1S/C43H64N2O3Si2/c1-7-9-13-19-32(3)20-14-11-12-15-21-35(6)50-43-46-40-25-24-36(29-41(40)47-43)42-44-30-37(31-45-42)38-22-16-17-23-39(38)48-49-27-26-34(5)28-33(4)18-10-8-2/h16-17,22-25,29-35,43H,7-15,18-21,26-28H2,1-6H3. The molecule has 5 atom stereocenters. The van der Waals surface area contributed by atoms with Crippen molar-refractivity contribution in [2.75, 3.05) is 0 Å². The molecule has 4 radical (unpaired) electrons. The normalized spacial score (nSPS) is 16.2. The van der Waals surface area contributed by atoms with Crippen LogP contribution in [-0.4, -0.2) is 35.2 Å². The summed E-state index contributed by atoms with van der Waals surface area (Å²) < 4.78 is 18.8. The van der Waals surface area contributed by atoms with E-state index < -0.39 is 0 Å². The van der Waals surface area contributed by atoms with Crippen LogP contribution in [0.2, 0.25) is 11.6 Å². The summed E-state index contributed by atoms with van der Waals surface area (Å²) in [6.45, 7) is 14.1. The zero-order valence-corrected chi connectivity index (χ0v) is 34.0. The lowest BCUT2D eigenvalue weighted by atomic mass is 9.92. The fourth-order valence-electron chi connectivity index (χ4n) is 6.98. The predicted molar refractivity (Wildman–Crippen MR) is 212 cm³/mol. The van der Waals surface area contributed by atoms with Gasteiger partial charge in [0.25, 0.3) is 0 Å². The van der Waals surface area contributed by atoms with E-state index in [-0.39, 0.29) is 5.91 Å². The van der Waals surface area contributed by atoms with Crippen LogP contribution in [0, 0.1) is 17.8 Å². The van der Waals surface area contributed by atoms with E-state index in [0.717, 1.165) is 57.7 Å². The van der Waals surface area contributed by atoms with Gasteiger partial charge in [-0.2, -0.15) is 0 Å². The zero-order valence-electron chi connectivity index (χ0n) is 32.0. The Morgan fingerprint density at radius 2 is 1.34 bits per heavy atom. The molecule has 1 aliphatic rings. The Morgan fingerprint density at radius 3 is 2.10 bits per heavy atom. The number of fused-ring (bicyclic) bond motifs is 1. The third kappa shape index (κ3) is 13.8. The molecule has 5 nitrogen and oxygen atoms in total. The summed E-state index contributed by atoms with van der Waals surface area (Å²) in [4.78, 5) is 9.50. The minimum absolute atomic E-state index is 0.197. The summed E-state index contributed by atoms with van der Waals surface area (Å²) in [5.74, 6) is 5.43. The number of para-hydroxylation sites is 1. The van der Waals surface area contributed by atoms with Gasteiger partial charge in [0.1, 0.15) is 5.75 Å². The van der Waals surface area contributed by atoms with Crippen molar-refractivity contribution in [1.29, 1.82) is 0 Å². The van der Waals surface area contributed by atoms with Gasteiger partial charge < -0.3 is 13.9 Å². The van der Waals surface area contributed by atoms with Crippen LogP contribution in [0.3, 0.4) is 0 Å². The first-order valence-corrected chi connectivity index (χ1v) is 22.2. The molecule has 0 fully saturated rings. The number of unbranched alkanes of at least 4 members (excludes halogenated alkanes) is 6. The Kier molecular flexibility index (Phi) is 17.9. The van der Waals surface area contributed by atoms with Crippen LogP contribution in [-0.2, 0) is 0 Å². The Hall–Kier alpha value is -2.65. The number of hydrogen-bond acceptors (Lipinski definition) is 5. The molecule has 1 aliphatic heterocycles. The summed E-state index contributed by atoms with van der Waals surface area (Å²) in [7, 11) is 1.06. The van der Waals surface area contributed by atoms with Crippen molar-refractivity contribution in [2.45, 2.75) is 155 Å². The third-order valence-electron chi connectivity index (χ3n) is 10.1. The lowest BCUT2D eigenvalue weighted by Gasteiger charge is -2.17. The molecule has 3 aromatic rings. The van der Waals surface area contributed by atoms with Gasteiger partial charge in [-0.25, -0.2) is 9.97 Å². The summed E-state index contributed by atoms with van der Waals surface area (Å²) >= 11 is 0. The highest BCUT2D eigenvalue weighted by molar-refractivity contribution is 6.38. The van der Waals surface area contributed by atoms with E-state index in [4.69, 9.17) is 23.9 Å². The molecule has 50 heavy (non-hydrogen) atoms. The molecule has 0 saturated heterocycles. The van der Waals surface area contributed by atoms with Crippen LogP contribution in [0.25, 0.3) is 22.5 Å². The molecular formula is C43H64N2O3Si2. The smallest absolute Gasteiger partial charge is 0.310 e. The van der Waals surface area contributed by atoms with Crippen molar-refractivity contribution in [3.8, 4) is 39.8 Å². The molecule has 272 valence electrons. The Balaban J connectivity index is 1.19. The Bertz CT molecular complexity index is 1370. The second-order valence-corrected chi connectivity index (χ2v) is 17.8. The van der Waals surface area contributed by atoms with Gasteiger partial charge in [0.05, 0.1) is 0 Å². The maximum Gasteiger partial charge on any atom is 0.310 e. The number of benzene rings is 2. The monoisotopic (exact) mass is 712 g/mol. The molecule has 2 aromatic carbocycles. The summed E-state index contributed by atoms with van der Waals surface area (Å²) in [5.41, 5.74) is 3.52. The minimum Gasteiger partial charge on any atom is -0.540 e. The lowest BCUT2D eigenvalue weighted by Crippen LogP contribution is -2.28. The van der Waals surface area contributed by atoms with E-state index in [0.29, 0.717) is 30.6 Å². The zero-order chi connectivity index (χ0) is 35.6.